The van der Waals surface area contributed by atoms with E-state index < -0.39 is 0 Å². The summed E-state index contributed by atoms with van der Waals surface area (Å²) >= 11 is 1.73. The third-order valence-corrected chi connectivity index (χ3v) is 7.12. The number of thiophene rings is 1. The van der Waals surface area contributed by atoms with Gasteiger partial charge in [0.2, 0.25) is 0 Å². The summed E-state index contributed by atoms with van der Waals surface area (Å²) in [5.41, 5.74) is 4.27. The second-order valence-corrected chi connectivity index (χ2v) is 9.44. The Labute approximate surface area is 192 Å². The molecule has 0 radical (unpaired) electrons. The summed E-state index contributed by atoms with van der Waals surface area (Å²) in [4.78, 5) is 26.3. The van der Waals surface area contributed by atoms with Crippen molar-refractivity contribution in [1.29, 1.82) is 0 Å². The van der Waals surface area contributed by atoms with Gasteiger partial charge in [-0.25, -0.2) is 0 Å². The molecule has 3 aromatic heterocycles. The van der Waals surface area contributed by atoms with E-state index in [0.717, 1.165) is 25.0 Å². The lowest BCUT2D eigenvalue weighted by atomic mass is 10.1. The molecular formula is C26H28N4OS. The number of fused-ring (bicyclic) bond motifs is 1. The first-order chi connectivity index (χ1) is 15.8. The molecular weight excluding hydrogens is 416 g/mol. The highest BCUT2D eigenvalue weighted by atomic mass is 32.1. The number of amides is 1. The first kappa shape index (κ1) is 20.9. The number of pyridine rings is 1. The maximum atomic E-state index is 13.3. The highest BCUT2D eigenvalue weighted by Gasteiger charge is 2.18. The van der Waals surface area contributed by atoms with Crippen LogP contribution >= 0.6 is 11.3 Å². The van der Waals surface area contributed by atoms with Crippen LogP contribution in [0.15, 0.2) is 66.4 Å². The van der Waals surface area contributed by atoms with E-state index >= 15 is 0 Å². The lowest BCUT2D eigenvalue weighted by Gasteiger charge is -2.24. The second-order valence-electron chi connectivity index (χ2n) is 8.45. The molecule has 164 valence electrons. The minimum absolute atomic E-state index is 0.0810. The normalized spacial score (nSPS) is 14.2. The van der Waals surface area contributed by atoms with Gasteiger partial charge in [-0.05, 0) is 97.2 Å². The van der Waals surface area contributed by atoms with Gasteiger partial charge < -0.3 is 14.8 Å². The van der Waals surface area contributed by atoms with Crippen LogP contribution < -0.4 is 0 Å². The summed E-state index contributed by atoms with van der Waals surface area (Å²) in [6.45, 7) is 4.85. The summed E-state index contributed by atoms with van der Waals surface area (Å²) in [7, 11) is 0. The van der Waals surface area contributed by atoms with Crippen LogP contribution in [0.1, 0.15) is 34.5 Å². The Hall–Kier alpha value is -2.96. The molecule has 32 heavy (non-hydrogen) atoms. The Morgan fingerprint density at radius 3 is 2.75 bits per heavy atom. The monoisotopic (exact) mass is 444 g/mol. The number of likely N-dealkylation sites (tertiary alicyclic amines) is 1. The predicted molar refractivity (Wildman–Crippen MR) is 131 cm³/mol. The number of benzene rings is 1. The highest BCUT2D eigenvalue weighted by Crippen LogP contribution is 2.29. The minimum Gasteiger partial charge on any atom is -0.361 e. The standard InChI is InChI=1S/C26H28N4OS/c31-26(20-6-9-27-10-7-20)30(15-3-14-29-12-1-2-13-29)18-24-17-23(19-32-24)21-4-5-25-22(16-21)8-11-28-25/h4-11,16-17,19,28H,1-3,12-15,18H2. The fraction of sp³-hybridized carbons (Fsp3) is 0.308. The SMILES string of the molecule is O=C(c1ccncc1)N(CCCN1CCCC1)Cc1cc(-c2ccc3[nH]ccc3c2)cs1. The van der Waals surface area contributed by atoms with Crippen molar-refractivity contribution in [1.82, 2.24) is 19.8 Å². The van der Waals surface area contributed by atoms with E-state index in [1.165, 1.54) is 47.3 Å². The van der Waals surface area contributed by atoms with E-state index in [2.05, 4.69) is 50.6 Å². The van der Waals surface area contributed by atoms with E-state index in [4.69, 9.17) is 0 Å². The van der Waals surface area contributed by atoms with Crippen LogP contribution in [-0.4, -0.2) is 51.9 Å². The number of aromatic amines is 1. The predicted octanol–water partition coefficient (Wildman–Crippen LogP) is 5.42. The molecule has 0 spiro atoms. The number of H-pyrrole nitrogens is 1. The van der Waals surface area contributed by atoms with E-state index in [1.54, 1.807) is 23.7 Å². The van der Waals surface area contributed by atoms with Crippen LogP contribution in [0.2, 0.25) is 0 Å². The lowest BCUT2D eigenvalue weighted by molar-refractivity contribution is 0.0738. The number of nitrogens with zero attached hydrogens (tertiary/aromatic N) is 3. The van der Waals surface area contributed by atoms with Gasteiger partial charge >= 0.3 is 0 Å². The molecule has 0 atom stereocenters. The molecule has 1 saturated heterocycles. The zero-order valence-corrected chi connectivity index (χ0v) is 19.0. The molecule has 4 heterocycles. The third kappa shape index (κ3) is 4.76. The van der Waals surface area contributed by atoms with Gasteiger partial charge in [-0.1, -0.05) is 6.07 Å². The van der Waals surface area contributed by atoms with E-state index in [0.29, 0.717) is 12.1 Å². The van der Waals surface area contributed by atoms with Crippen LogP contribution in [0, 0.1) is 0 Å². The first-order valence-corrected chi connectivity index (χ1v) is 12.2. The molecule has 1 aliphatic rings. The Balaban J connectivity index is 1.31. The topological polar surface area (TPSA) is 52.2 Å². The number of carbonyl (C=O) groups excluding carboxylic acids is 1. The van der Waals surface area contributed by atoms with Crippen LogP contribution in [-0.2, 0) is 6.54 Å². The number of nitrogens with one attached hydrogen (secondary N) is 1. The van der Waals surface area contributed by atoms with Gasteiger partial charge in [0, 0.05) is 41.1 Å². The molecule has 1 aromatic carbocycles. The summed E-state index contributed by atoms with van der Waals surface area (Å²) in [6, 6.07) is 14.4. The van der Waals surface area contributed by atoms with Crippen molar-refractivity contribution in [2.24, 2.45) is 0 Å². The highest BCUT2D eigenvalue weighted by molar-refractivity contribution is 7.10. The zero-order valence-electron chi connectivity index (χ0n) is 18.2. The maximum Gasteiger partial charge on any atom is 0.254 e. The minimum atomic E-state index is 0.0810. The number of rotatable bonds is 8. The summed E-state index contributed by atoms with van der Waals surface area (Å²) in [5, 5.41) is 3.41. The molecule has 5 nitrogen and oxygen atoms in total. The van der Waals surface area contributed by atoms with Crippen molar-refractivity contribution in [3.05, 3.63) is 76.9 Å². The smallest absolute Gasteiger partial charge is 0.254 e. The average molecular weight is 445 g/mol. The van der Waals surface area contributed by atoms with Gasteiger partial charge in [-0.15, -0.1) is 11.3 Å². The third-order valence-electron chi connectivity index (χ3n) is 6.20. The number of aromatic nitrogens is 2. The summed E-state index contributed by atoms with van der Waals surface area (Å²) < 4.78 is 0. The Morgan fingerprint density at radius 2 is 1.91 bits per heavy atom. The van der Waals surface area contributed by atoms with E-state index in [1.807, 2.05) is 23.2 Å². The first-order valence-electron chi connectivity index (χ1n) is 11.3. The van der Waals surface area contributed by atoms with Crippen molar-refractivity contribution in [2.75, 3.05) is 26.2 Å². The van der Waals surface area contributed by atoms with Crippen LogP contribution in [0.25, 0.3) is 22.0 Å². The number of hydrogen-bond acceptors (Lipinski definition) is 4. The van der Waals surface area contributed by atoms with Gasteiger partial charge in [0.15, 0.2) is 0 Å². The summed E-state index contributed by atoms with van der Waals surface area (Å²) in [5.74, 6) is 0.0810. The number of carbonyl (C=O) groups is 1. The van der Waals surface area contributed by atoms with Crippen LogP contribution in [0.4, 0.5) is 0 Å². The van der Waals surface area contributed by atoms with Gasteiger partial charge in [0.25, 0.3) is 5.91 Å². The Bertz CT molecular complexity index is 1180. The molecule has 5 rings (SSSR count). The molecule has 6 heteroatoms. The number of hydrogen-bond donors (Lipinski definition) is 1. The maximum absolute atomic E-state index is 13.3. The second kappa shape index (κ2) is 9.67. The fourth-order valence-corrected chi connectivity index (χ4v) is 5.36. The quantitative estimate of drug-likeness (QED) is 0.395. The average Bonchev–Trinajstić information content (AvgIpc) is 3.60. The molecule has 0 saturated carbocycles. The van der Waals surface area contributed by atoms with Gasteiger partial charge in [-0.3, -0.25) is 9.78 Å². The van der Waals surface area contributed by atoms with Crippen LogP contribution in [0.3, 0.4) is 0 Å². The molecule has 1 amide bonds. The van der Waals surface area contributed by atoms with Gasteiger partial charge in [0.1, 0.15) is 0 Å². The summed E-state index contributed by atoms with van der Waals surface area (Å²) in [6.07, 6.45) is 8.95. The van der Waals surface area contributed by atoms with E-state index in [9.17, 15) is 4.79 Å². The Morgan fingerprint density at radius 1 is 1.06 bits per heavy atom. The Kier molecular flexibility index (Phi) is 6.32. The van der Waals surface area contributed by atoms with Gasteiger partial charge in [-0.2, -0.15) is 0 Å². The molecule has 1 N–H and O–H groups in total. The van der Waals surface area contributed by atoms with Crippen LogP contribution in [0.5, 0.6) is 0 Å². The van der Waals surface area contributed by atoms with E-state index in [-0.39, 0.29) is 5.91 Å². The van der Waals surface area contributed by atoms with Crippen molar-refractivity contribution in [2.45, 2.75) is 25.8 Å². The van der Waals surface area contributed by atoms with Gasteiger partial charge in [0.05, 0.1) is 6.54 Å². The molecule has 1 fully saturated rings. The van der Waals surface area contributed by atoms with Crippen molar-refractivity contribution in [3.8, 4) is 11.1 Å². The molecule has 4 aromatic rings. The fourth-order valence-electron chi connectivity index (χ4n) is 4.46. The molecule has 1 aliphatic heterocycles. The van der Waals surface area contributed by atoms with Crippen molar-refractivity contribution < 1.29 is 4.79 Å². The zero-order chi connectivity index (χ0) is 21.8. The molecule has 0 bridgehead atoms. The lowest BCUT2D eigenvalue weighted by Crippen LogP contribution is -2.33. The largest absolute Gasteiger partial charge is 0.361 e. The van der Waals surface area contributed by atoms with Crippen molar-refractivity contribution in [3.63, 3.8) is 0 Å². The molecule has 0 aliphatic carbocycles. The molecule has 0 unspecified atom stereocenters. The van der Waals surface area contributed by atoms with Crippen molar-refractivity contribution >= 4 is 28.1 Å².